The number of amides is 1. The lowest BCUT2D eigenvalue weighted by Crippen LogP contribution is -2.42. The number of esters is 1. The Hall–Kier alpha value is -1.94. The summed E-state index contributed by atoms with van der Waals surface area (Å²) in [5.74, 6) is -0.559. The minimum atomic E-state index is -3.62. The van der Waals surface area contributed by atoms with Crippen LogP contribution in [0.2, 0.25) is 0 Å². The first-order chi connectivity index (χ1) is 12.1. The van der Waals surface area contributed by atoms with Crippen molar-refractivity contribution in [3.63, 3.8) is 0 Å². The number of sulfonamides is 1. The van der Waals surface area contributed by atoms with Gasteiger partial charge in [0.25, 0.3) is 0 Å². The average molecular weight is 386 g/mol. The molecule has 26 heavy (non-hydrogen) atoms. The van der Waals surface area contributed by atoms with E-state index in [1.807, 2.05) is 0 Å². The fraction of sp³-hybridized carbons (Fsp3) is 0.688. The molecule has 1 aliphatic heterocycles. The molecule has 0 aliphatic carbocycles. The van der Waals surface area contributed by atoms with Gasteiger partial charge in [0.05, 0.1) is 24.4 Å². The van der Waals surface area contributed by atoms with E-state index in [2.05, 4.69) is 5.10 Å². The maximum Gasteiger partial charge on any atom is 0.308 e. The second-order valence-corrected chi connectivity index (χ2v) is 8.71. The predicted octanol–water partition coefficient (Wildman–Crippen LogP) is 0.162. The Kier molecular flexibility index (Phi) is 6.07. The van der Waals surface area contributed by atoms with Crippen LogP contribution in [-0.2, 0) is 30.9 Å². The third-order valence-corrected chi connectivity index (χ3v) is 6.79. The summed E-state index contributed by atoms with van der Waals surface area (Å²) < 4.78 is 32.2. The molecule has 146 valence electrons. The van der Waals surface area contributed by atoms with Crippen molar-refractivity contribution in [3.05, 3.63) is 11.4 Å². The molecule has 0 spiro atoms. The highest BCUT2D eigenvalue weighted by molar-refractivity contribution is 7.89. The van der Waals surface area contributed by atoms with E-state index in [1.165, 1.54) is 25.9 Å². The minimum Gasteiger partial charge on any atom is -0.469 e. The van der Waals surface area contributed by atoms with Gasteiger partial charge >= 0.3 is 5.97 Å². The third kappa shape index (κ3) is 3.90. The Morgan fingerprint density at radius 2 is 1.81 bits per heavy atom. The number of aromatic nitrogens is 2. The van der Waals surface area contributed by atoms with Crippen LogP contribution in [0, 0.1) is 19.8 Å². The lowest BCUT2D eigenvalue weighted by atomic mass is 9.97. The normalized spacial score (nSPS) is 16.2. The van der Waals surface area contributed by atoms with E-state index in [0.717, 1.165) is 4.31 Å². The lowest BCUT2D eigenvalue weighted by molar-refractivity contribution is -0.149. The number of hydrogen-bond donors (Lipinski definition) is 0. The van der Waals surface area contributed by atoms with Gasteiger partial charge in [0.2, 0.25) is 15.9 Å². The molecule has 1 aromatic heterocycles. The maximum atomic E-state index is 12.6. The highest BCUT2D eigenvalue weighted by Gasteiger charge is 2.30. The summed E-state index contributed by atoms with van der Waals surface area (Å²) >= 11 is 0. The second kappa shape index (κ2) is 7.75. The van der Waals surface area contributed by atoms with Crippen LogP contribution in [0.25, 0.3) is 0 Å². The summed E-state index contributed by atoms with van der Waals surface area (Å²) in [6, 6.07) is 0. The number of nitrogens with zero attached hydrogens (tertiary/aromatic N) is 4. The van der Waals surface area contributed by atoms with Gasteiger partial charge in [-0.15, -0.1) is 0 Å². The Balaban J connectivity index is 2.11. The number of carbonyl (C=O) groups excluding carboxylic acids is 2. The van der Waals surface area contributed by atoms with Crippen molar-refractivity contribution < 1.29 is 22.7 Å². The zero-order chi connectivity index (χ0) is 19.6. The van der Waals surface area contributed by atoms with Gasteiger partial charge in [0.15, 0.2) is 0 Å². The monoisotopic (exact) mass is 386 g/mol. The Bertz CT molecular complexity index is 792. The fourth-order valence-corrected chi connectivity index (χ4v) is 4.41. The van der Waals surface area contributed by atoms with Gasteiger partial charge in [-0.05, 0) is 26.7 Å². The van der Waals surface area contributed by atoms with Crippen LogP contribution in [-0.4, -0.2) is 73.6 Å². The van der Waals surface area contributed by atoms with E-state index in [9.17, 15) is 18.0 Å². The molecule has 2 rings (SSSR count). The standard InChI is InChI=1S/C16H26N4O5S/c1-11-15(26(23,24)18(3)4)12(2)20(17-11)10-14(21)19-8-6-13(7-9-19)16(22)25-5/h13H,6-10H2,1-5H3. The molecule has 9 nitrogen and oxygen atoms in total. The molecule has 0 N–H and O–H groups in total. The van der Waals surface area contributed by atoms with Crippen molar-refractivity contribution in [2.75, 3.05) is 34.3 Å². The molecule has 0 saturated carbocycles. The summed E-state index contributed by atoms with van der Waals surface area (Å²) in [7, 11) is 0.660. The van der Waals surface area contributed by atoms with E-state index < -0.39 is 10.0 Å². The summed E-state index contributed by atoms with van der Waals surface area (Å²) in [6.45, 7) is 4.18. The van der Waals surface area contributed by atoms with Crippen LogP contribution in [0.3, 0.4) is 0 Å². The molecule has 0 unspecified atom stereocenters. The van der Waals surface area contributed by atoms with Gasteiger partial charge in [-0.2, -0.15) is 5.10 Å². The smallest absolute Gasteiger partial charge is 0.308 e. The molecule has 1 saturated heterocycles. The van der Waals surface area contributed by atoms with E-state index in [0.29, 0.717) is 37.3 Å². The summed E-state index contributed by atoms with van der Waals surface area (Å²) in [6.07, 6.45) is 1.13. The number of rotatable bonds is 5. The highest BCUT2D eigenvalue weighted by Crippen LogP contribution is 2.23. The molecular formula is C16H26N4O5S. The first-order valence-corrected chi connectivity index (χ1v) is 9.85. The molecule has 0 bridgehead atoms. The third-order valence-electron chi connectivity index (χ3n) is 4.72. The van der Waals surface area contributed by atoms with Gasteiger partial charge in [-0.3, -0.25) is 14.3 Å². The van der Waals surface area contributed by atoms with Gasteiger partial charge in [-0.1, -0.05) is 0 Å². The van der Waals surface area contributed by atoms with Crippen LogP contribution in [0.15, 0.2) is 4.90 Å². The number of aryl methyl sites for hydroxylation is 1. The van der Waals surface area contributed by atoms with Crippen LogP contribution >= 0.6 is 0 Å². The second-order valence-electron chi connectivity index (χ2n) is 6.62. The molecule has 0 radical (unpaired) electrons. The van der Waals surface area contributed by atoms with E-state index >= 15 is 0 Å². The number of ether oxygens (including phenoxy) is 1. The molecule has 2 heterocycles. The number of likely N-dealkylation sites (tertiary alicyclic amines) is 1. The van der Waals surface area contributed by atoms with E-state index in [1.54, 1.807) is 18.7 Å². The van der Waals surface area contributed by atoms with Crippen molar-refractivity contribution in [1.29, 1.82) is 0 Å². The first-order valence-electron chi connectivity index (χ1n) is 8.41. The van der Waals surface area contributed by atoms with Gasteiger partial charge in [-0.25, -0.2) is 12.7 Å². The molecule has 1 fully saturated rings. The molecule has 1 amide bonds. The highest BCUT2D eigenvalue weighted by atomic mass is 32.2. The van der Waals surface area contributed by atoms with Crippen LogP contribution in [0.1, 0.15) is 24.2 Å². The summed E-state index contributed by atoms with van der Waals surface area (Å²) in [5, 5.41) is 4.24. The maximum absolute atomic E-state index is 12.6. The molecule has 10 heteroatoms. The lowest BCUT2D eigenvalue weighted by Gasteiger charge is -2.30. The quantitative estimate of drug-likeness (QED) is 0.668. The topological polar surface area (TPSA) is 102 Å². The largest absolute Gasteiger partial charge is 0.469 e. The number of hydrogen-bond acceptors (Lipinski definition) is 6. The summed E-state index contributed by atoms with van der Waals surface area (Å²) in [4.78, 5) is 25.9. The Morgan fingerprint density at radius 1 is 1.23 bits per heavy atom. The number of carbonyl (C=O) groups is 2. The Morgan fingerprint density at radius 3 is 2.31 bits per heavy atom. The van der Waals surface area contributed by atoms with E-state index in [-0.39, 0.29) is 29.2 Å². The zero-order valence-electron chi connectivity index (χ0n) is 15.9. The predicted molar refractivity (Wildman–Crippen MR) is 93.9 cm³/mol. The van der Waals surface area contributed by atoms with Crippen molar-refractivity contribution >= 4 is 21.9 Å². The number of methoxy groups -OCH3 is 1. The van der Waals surface area contributed by atoms with Gasteiger partial charge in [0.1, 0.15) is 11.4 Å². The minimum absolute atomic E-state index is 0.0293. The molecule has 1 aromatic rings. The van der Waals surface area contributed by atoms with Crippen LogP contribution in [0.4, 0.5) is 0 Å². The van der Waals surface area contributed by atoms with E-state index in [4.69, 9.17) is 4.74 Å². The fourth-order valence-electron chi connectivity index (χ4n) is 3.15. The molecule has 0 aromatic carbocycles. The van der Waals surface area contributed by atoms with Gasteiger partial charge < -0.3 is 9.64 Å². The SMILES string of the molecule is COC(=O)C1CCN(C(=O)Cn2nc(C)c(S(=O)(=O)N(C)C)c2C)CC1. The van der Waals surface area contributed by atoms with Crippen LogP contribution < -0.4 is 0 Å². The first kappa shape index (κ1) is 20.4. The van der Waals surface area contributed by atoms with Crippen molar-refractivity contribution in [2.45, 2.75) is 38.1 Å². The van der Waals surface area contributed by atoms with Crippen LogP contribution in [0.5, 0.6) is 0 Å². The zero-order valence-corrected chi connectivity index (χ0v) is 16.7. The average Bonchev–Trinajstić information content (AvgIpc) is 2.88. The van der Waals surface area contributed by atoms with Crippen molar-refractivity contribution in [3.8, 4) is 0 Å². The summed E-state index contributed by atoms with van der Waals surface area (Å²) in [5.41, 5.74) is 0.808. The van der Waals surface area contributed by atoms with Gasteiger partial charge in [0, 0.05) is 27.2 Å². The molecule has 1 aliphatic rings. The molecular weight excluding hydrogens is 360 g/mol. The Labute approximate surface area is 153 Å². The van der Waals surface area contributed by atoms with Crippen molar-refractivity contribution in [1.82, 2.24) is 19.0 Å². The number of piperidine rings is 1. The molecule has 0 atom stereocenters. The van der Waals surface area contributed by atoms with Crippen molar-refractivity contribution in [2.24, 2.45) is 5.92 Å².